The summed E-state index contributed by atoms with van der Waals surface area (Å²) < 4.78 is 36.4. The molecule has 25 heavy (non-hydrogen) atoms. The number of thiazole rings is 1. The lowest BCUT2D eigenvalue weighted by molar-refractivity contribution is 0.588. The van der Waals surface area contributed by atoms with Crippen molar-refractivity contribution in [2.75, 3.05) is 0 Å². The lowest BCUT2D eigenvalue weighted by Gasteiger charge is -2.06. The molecule has 6 nitrogen and oxygen atoms in total. The van der Waals surface area contributed by atoms with E-state index < -0.39 is 10.0 Å². The van der Waals surface area contributed by atoms with Gasteiger partial charge in [-0.1, -0.05) is 17.7 Å². The van der Waals surface area contributed by atoms with Crippen LogP contribution in [0.1, 0.15) is 6.93 Å². The Morgan fingerprint density at radius 1 is 1.20 bits per heavy atom. The largest absolute Gasteiger partial charge is 0.269 e. The van der Waals surface area contributed by atoms with Crippen molar-refractivity contribution in [1.82, 2.24) is 18.9 Å². The van der Waals surface area contributed by atoms with Crippen LogP contribution in [0.4, 0.5) is 0 Å². The minimum Gasteiger partial charge on any atom is -0.251 e. The molecular formula is C16H11BrN4O2S2. The van der Waals surface area contributed by atoms with Gasteiger partial charge in [0.05, 0.1) is 11.8 Å². The van der Waals surface area contributed by atoms with E-state index in [4.69, 9.17) is 1.37 Å². The minimum atomic E-state index is -4.00. The number of aromatic nitrogens is 4. The molecule has 0 atom stereocenters. The van der Waals surface area contributed by atoms with Crippen molar-refractivity contribution in [3.8, 4) is 10.6 Å². The van der Waals surface area contributed by atoms with Crippen LogP contribution < -0.4 is 0 Å². The Bertz CT molecular complexity index is 1230. The molecule has 9 heteroatoms. The predicted octanol–water partition coefficient (Wildman–Crippen LogP) is 3.86. The highest BCUT2D eigenvalue weighted by Gasteiger charge is 2.24. The third-order valence-electron chi connectivity index (χ3n) is 3.57. The molecule has 0 saturated heterocycles. The van der Waals surface area contributed by atoms with E-state index in [0.717, 1.165) is 9.54 Å². The van der Waals surface area contributed by atoms with Crippen molar-refractivity contribution in [2.24, 2.45) is 0 Å². The molecule has 4 rings (SSSR count). The van der Waals surface area contributed by atoms with E-state index in [1.54, 1.807) is 17.5 Å². The van der Waals surface area contributed by atoms with Crippen LogP contribution in [0.5, 0.6) is 0 Å². The first-order valence-corrected chi connectivity index (χ1v) is 10.3. The van der Waals surface area contributed by atoms with E-state index in [9.17, 15) is 8.42 Å². The van der Waals surface area contributed by atoms with Gasteiger partial charge < -0.3 is 0 Å². The highest BCUT2D eigenvalue weighted by atomic mass is 79.9. The van der Waals surface area contributed by atoms with Gasteiger partial charge in [-0.2, -0.15) is 0 Å². The molecule has 0 saturated carbocycles. The molecule has 4 aromatic rings. The first kappa shape index (κ1) is 15.2. The fourth-order valence-electron chi connectivity index (χ4n) is 2.37. The van der Waals surface area contributed by atoms with E-state index in [1.807, 2.05) is 6.92 Å². The highest BCUT2D eigenvalue weighted by molar-refractivity contribution is 9.10. The minimum absolute atomic E-state index is 0.0889. The number of rotatable bonds is 3. The second kappa shape index (κ2) is 6.01. The molecule has 126 valence electrons. The SMILES string of the molecule is [2H]c1c(-c2nc(Br)cs2)c2nccnc2n1S(=O)(=O)c1ccc(C)cc1. The lowest BCUT2D eigenvalue weighted by Crippen LogP contribution is -2.12. The smallest absolute Gasteiger partial charge is 0.251 e. The zero-order valence-electron chi connectivity index (χ0n) is 13.8. The maximum absolute atomic E-state index is 13.2. The van der Waals surface area contributed by atoms with Crippen molar-refractivity contribution >= 4 is 48.5 Å². The molecule has 0 bridgehead atoms. The molecule has 0 aliphatic rings. The number of hydrogen-bond acceptors (Lipinski definition) is 6. The summed E-state index contributed by atoms with van der Waals surface area (Å²) >= 11 is 4.58. The summed E-state index contributed by atoms with van der Waals surface area (Å²) in [4.78, 5) is 12.8. The van der Waals surface area contributed by atoms with E-state index in [1.165, 1.54) is 35.9 Å². The summed E-state index contributed by atoms with van der Waals surface area (Å²) in [7, 11) is -4.00. The monoisotopic (exact) mass is 435 g/mol. The summed E-state index contributed by atoms with van der Waals surface area (Å²) in [5.41, 5.74) is 1.73. The van der Waals surface area contributed by atoms with E-state index in [0.29, 0.717) is 20.7 Å². The Kier molecular flexibility index (Phi) is 3.65. The maximum Gasteiger partial charge on any atom is 0.269 e. The number of halogens is 1. The molecule has 0 aliphatic carbocycles. The molecule has 3 heterocycles. The van der Waals surface area contributed by atoms with Gasteiger partial charge in [0.2, 0.25) is 0 Å². The molecule has 3 aromatic heterocycles. The second-order valence-corrected chi connectivity index (χ2v) is 8.73. The summed E-state index contributed by atoms with van der Waals surface area (Å²) in [6, 6.07) is 6.47. The highest BCUT2D eigenvalue weighted by Crippen LogP contribution is 2.33. The van der Waals surface area contributed by atoms with Gasteiger partial charge in [-0.25, -0.2) is 22.4 Å². The van der Waals surface area contributed by atoms with Crippen LogP contribution in [0.3, 0.4) is 0 Å². The normalized spacial score (nSPS) is 12.5. The summed E-state index contributed by atoms with van der Waals surface area (Å²) in [6.07, 6.45) is 2.66. The van der Waals surface area contributed by atoms with Crippen LogP contribution in [-0.2, 0) is 10.0 Å². The number of nitrogens with zero attached hydrogens (tertiary/aromatic N) is 4. The van der Waals surface area contributed by atoms with E-state index in [-0.39, 0.29) is 16.7 Å². The van der Waals surface area contributed by atoms with Crippen LogP contribution in [0, 0.1) is 6.92 Å². The first-order valence-electron chi connectivity index (χ1n) is 7.65. The van der Waals surface area contributed by atoms with Crippen molar-refractivity contribution in [1.29, 1.82) is 0 Å². The van der Waals surface area contributed by atoms with Gasteiger partial charge in [0, 0.05) is 23.9 Å². The lowest BCUT2D eigenvalue weighted by atomic mass is 10.2. The van der Waals surface area contributed by atoms with Crippen molar-refractivity contribution in [3.63, 3.8) is 0 Å². The Morgan fingerprint density at radius 3 is 2.60 bits per heavy atom. The Morgan fingerprint density at radius 2 is 1.92 bits per heavy atom. The van der Waals surface area contributed by atoms with Crippen LogP contribution in [0.15, 0.2) is 57.7 Å². The van der Waals surface area contributed by atoms with Crippen LogP contribution in [0.25, 0.3) is 21.7 Å². The summed E-state index contributed by atoms with van der Waals surface area (Å²) in [6.45, 7) is 1.88. The molecule has 0 amide bonds. The van der Waals surface area contributed by atoms with Crippen molar-refractivity contribution in [3.05, 3.63) is 58.4 Å². The topological polar surface area (TPSA) is 77.7 Å². The third kappa shape index (κ3) is 2.78. The zero-order valence-corrected chi connectivity index (χ0v) is 16.1. The third-order valence-corrected chi connectivity index (χ3v) is 6.75. The summed E-state index contributed by atoms with van der Waals surface area (Å²) in [5, 5.41) is 2.27. The van der Waals surface area contributed by atoms with Crippen molar-refractivity contribution < 1.29 is 9.79 Å². The van der Waals surface area contributed by atoms with E-state index >= 15 is 0 Å². The molecular weight excluding hydrogens is 424 g/mol. The maximum atomic E-state index is 13.2. The van der Waals surface area contributed by atoms with Gasteiger partial charge in [0.25, 0.3) is 10.0 Å². The predicted molar refractivity (Wildman–Crippen MR) is 100 cm³/mol. The molecule has 0 spiro atoms. The number of benzene rings is 1. The van der Waals surface area contributed by atoms with E-state index in [2.05, 4.69) is 30.9 Å². The van der Waals surface area contributed by atoms with Gasteiger partial charge in [0.1, 0.15) is 15.1 Å². The molecule has 0 aliphatic heterocycles. The van der Waals surface area contributed by atoms with Gasteiger partial charge in [0.15, 0.2) is 5.65 Å². The number of aryl methyl sites for hydroxylation is 1. The fourth-order valence-corrected chi connectivity index (χ4v) is 4.88. The Hall–Kier alpha value is -2.10. The van der Waals surface area contributed by atoms with Gasteiger partial charge >= 0.3 is 0 Å². The van der Waals surface area contributed by atoms with Gasteiger partial charge in [-0.05, 0) is 35.0 Å². The Balaban J connectivity index is 2.05. The molecule has 0 radical (unpaired) electrons. The van der Waals surface area contributed by atoms with Gasteiger partial charge in [-0.3, -0.25) is 4.98 Å². The zero-order chi connectivity index (χ0) is 18.5. The molecule has 0 unspecified atom stereocenters. The average Bonchev–Trinajstić information content (AvgIpc) is 3.15. The van der Waals surface area contributed by atoms with Crippen LogP contribution >= 0.6 is 27.3 Å². The number of fused-ring (bicyclic) bond motifs is 1. The quantitative estimate of drug-likeness (QED) is 0.488. The fraction of sp³-hybridized carbons (Fsp3) is 0.0625. The first-order chi connectivity index (χ1) is 12.4. The molecule has 0 N–H and O–H groups in total. The molecule has 0 fully saturated rings. The summed E-state index contributed by atoms with van der Waals surface area (Å²) in [5.74, 6) is 0. The average molecular weight is 436 g/mol. The standard InChI is InChI=1S/C16H11BrN4O2S2/c1-10-2-4-11(5-3-10)25(22,23)21-8-12(16-20-13(17)9-24-16)14-15(21)19-7-6-18-14/h2-9H,1H3/i8D. The van der Waals surface area contributed by atoms with Crippen molar-refractivity contribution in [2.45, 2.75) is 11.8 Å². The number of hydrogen-bond donors (Lipinski definition) is 0. The van der Waals surface area contributed by atoms with Gasteiger partial charge in [-0.15, -0.1) is 11.3 Å². The van der Waals surface area contributed by atoms with Crippen LogP contribution in [-0.4, -0.2) is 27.3 Å². The second-order valence-electron chi connectivity index (χ2n) is 5.27. The molecule has 1 aromatic carbocycles. The Labute approximate surface area is 157 Å². The van der Waals surface area contributed by atoms with Crippen LogP contribution in [0.2, 0.25) is 0 Å².